The number of unbranched alkanes of at least 4 members (excludes halogenated alkanes) is 5. The normalized spacial score (nSPS) is 11.9. The van der Waals surface area contributed by atoms with E-state index in [1.807, 2.05) is 55.4 Å². The molecule has 0 saturated carbocycles. The number of carbonyl (C=O) groups is 1. The minimum absolute atomic E-state index is 0.226. The molecule has 40 heavy (non-hydrogen) atoms. The van der Waals surface area contributed by atoms with Crippen molar-refractivity contribution in [1.29, 1.82) is 0 Å². The lowest BCUT2D eigenvalue weighted by molar-refractivity contribution is -0.131. The fourth-order valence-electron chi connectivity index (χ4n) is 4.21. The van der Waals surface area contributed by atoms with Crippen LogP contribution in [-0.4, -0.2) is 48.1 Å². The molecule has 0 aliphatic heterocycles. The van der Waals surface area contributed by atoms with Gasteiger partial charge in [0, 0.05) is 30.8 Å². The number of benzene rings is 2. The molecule has 2 aromatic carbocycles. The molecule has 1 atom stereocenters. The largest absolute Gasteiger partial charge is 0.497 e. The summed E-state index contributed by atoms with van der Waals surface area (Å²) in [5.41, 5.74) is 3.35. The van der Waals surface area contributed by atoms with Crippen molar-refractivity contribution < 1.29 is 23.6 Å². The Morgan fingerprint density at radius 1 is 0.975 bits per heavy atom. The Morgan fingerprint density at radius 2 is 1.70 bits per heavy atom. The first-order valence-corrected chi connectivity index (χ1v) is 15.0. The van der Waals surface area contributed by atoms with Crippen molar-refractivity contribution in [2.45, 2.75) is 55.6 Å². The van der Waals surface area contributed by atoms with Crippen molar-refractivity contribution in [3.63, 3.8) is 0 Å². The number of nitrogens with zero attached hydrogens (tertiary/aromatic N) is 2. The molecule has 0 spiro atoms. The summed E-state index contributed by atoms with van der Waals surface area (Å²) in [7, 11) is 4.27. The number of aromatic nitrogens is 1. The van der Waals surface area contributed by atoms with Gasteiger partial charge in [-0.1, -0.05) is 43.9 Å². The molecule has 1 aromatic heterocycles. The van der Waals surface area contributed by atoms with E-state index in [2.05, 4.69) is 17.1 Å². The predicted molar refractivity (Wildman–Crippen MR) is 162 cm³/mol. The van der Waals surface area contributed by atoms with Gasteiger partial charge in [-0.05, 0) is 73.4 Å². The third-order valence-corrected chi connectivity index (χ3v) is 7.82. The molecule has 0 aliphatic carbocycles. The summed E-state index contributed by atoms with van der Waals surface area (Å²) >= 11 is 0. The van der Waals surface area contributed by atoms with Crippen LogP contribution in [0.2, 0.25) is 0 Å². The number of aryl methyl sites for hydroxylation is 1. The second-order valence-electron chi connectivity index (χ2n) is 9.81. The van der Waals surface area contributed by atoms with Crippen LogP contribution in [0.15, 0.2) is 71.6 Å². The zero-order valence-corrected chi connectivity index (χ0v) is 24.5. The van der Waals surface area contributed by atoms with E-state index in [9.17, 15) is 9.00 Å². The van der Waals surface area contributed by atoms with Gasteiger partial charge in [-0.2, -0.15) is 0 Å². The van der Waals surface area contributed by atoms with Gasteiger partial charge < -0.3 is 19.5 Å². The number of carboxylic acids is 1. The SMILES string of the molecule is COc1ccc(CCCCCCCCOc2ccc(CS(=O)c3cccc(N(C)C)c3)nc2/C=C/C(=O)O)cc1. The quantitative estimate of drug-likeness (QED) is 0.147. The Kier molecular flexibility index (Phi) is 12.7. The van der Waals surface area contributed by atoms with Crippen LogP contribution in [0.3, 0.4) is 0 Å². The van der Waals surface area contributed by atoms with Crippen LogP contribution in [0, 0.1) is 0 Å². The Balaban J connectivity index is 1.45. The van der Waals surface area contributed by atoms with Gasteiger partial charge in [0.25, 0.3) is 0 Å². The van der Waals surface area contributed by atoms with E-state index in [0.29, 0.717) is 23.7 Å². The number of hydrogen-bond acceptors (Lipinski definition) is 6. The number of rotatable bonds is 17. The molecule has 3 aromatic rings. The highest BCUT2D eigenvalue weighted by molar-refractivity contribution is 7.84. The average Bonchev–Trinajstić information content (AvgIpc) is 2.96. The topological polar surface area (TPSA) is 89.0 Å². The van der Waals surface area contributed by atoms with Crippen molar-refractivity contribution in [3.05, 3.63) is 83.7 Å². The maximum atomic E-state index is 13.0. The predicted octanol–water partition coefficient (Wildman–Crippen LogP) is 6.52. The van der Waals surface area contributed by atoms with E-state index in [-0.39, 0.29) is 5.75 Å². The third-order valence-electron chi connectivity index (χ3n) is 6.48. The van der Waals surface area contributed by atoms with E-state index in [4.69, 9.17) is 14.6 Å². The first-order valence-electron chi connectivity index (χ1n) is 13.7. The zero-order valence-electron chi connectivity index (χ0n) is 23.7. The summed E-state index contributed by atoms with van der Waals surface area (Å²) in [4.78, 5) is 18.4. The fourth-order valence-corrected chi connectivity index (χ4v) is 5.29. The highest BCUT2D eigenvalue weighted by atomic mass is 32.2. The number of hydrogen-bond donors (Lipinski definition) is 1. The van der Waals surface area contributed by atoms with Gasteiger partial charge in [0.15, 0.2) is 0 Å². The van der Waals surface area contributed by atoms with E-state index >= 15 is 0 Å². The Hall–Kier alpha value is -3.65. The smallest absolute Gasteiger partial charge is 0.328 e. The highest BCUT2D eigenvalue weighted by Crippen LogP contribution is 2.23. The molecule has 7 nitrogen and oxygen atoms in total. The van der Waals surface area contributed by atoms with E-state index < -0.39 is 16.8 Å². The first kappa shape index (κ1) is 30.9. The van der Waals surface area contributed by atoms with E-state index in [0.717, 1.165) is 48.1 Å². The molecule has 0 amide bonds. The number of methoxy groups -OCH3 is 1. The molecule has 214 valence electrons. The van der Waals surface area contributed by atoms with Crippen molar-refractivity contribution in [2.24, 2.45) is 0 Å². The lowest BCUT2D eigenvalue weighted by Crippen LogP contribution is -2.09. The fraction of sp³-hybridized carbons (Fsp3) is 0.375. The van der Waals surface area contributed by atoms with Gasteiger partial charge in [-0.25, -0.2) is 9.78 Å². The minimum Gasteiger partial charge on any atom is -0.497 e. The number of carboxylic acid groups (broad SMARTS) is 1. The summed E-state index contributed by atoms with van der Waals surface area (Å²) in [5, 5.41) is 9.11. The van der Waals surface area contributed by atoms with Crippen molar-refractivity contribution >= 4 is 28.5 Å². The highest BCUT2D eigenvalue weighted by Gasteiger charge is 2.11. The second-order valence-corrected chi connectivity index (χ2v) is 11.3. The average molecular weight is 565 g/mol. The lowest BCUT2D eigenvalue weighted by atomic mass is 10.0. The van der Waals surface area contributed by atoms with Crippen LogP contribution in [-0.2, 0) is 27.8 Å². The Labute approximate surface area is 240 Å². The number of pyridine rings is 1. The first-order chi connectivity index (χ1) is 19.4. The molecule has 8 heteroatoms. The summed E-state index contributed by atoms with van der Waals surface area (Å²) in [6, 6.07) is 19.4. The molecule has 3 rings (SSSR count). The van der Waals surface area contributed by atoms with Crippen molar-refractivity contribution in [2.75, 3.05) is 32.7 Å². The molecule has 0 radical (unpaired) electrons. The number of ether oxygens (including phenoxy) is 2. The van der Waals surface area contributed by atoms with Crippen LogP contribution in [0.4, 0.5) is 5.69 Å². The second kappa shape index (κ2) is 16.5. The Bertz CT molecular complexity index is 1270. The van der Waals surface area contributed by atoms with Crippen LogP contribution < -0.4 is 14.4 Å². The maximum absolute atomic E-state index is 13.0. The standard InChI is InChI=1S/C32H40N2O5S/c1-34(2)27-12-10-13-29(23-27)40(37)24-26-16-20-31(30(33-26)19-21-32(35)36)39-22-9-7-5-4-6-8-11-25-14-17-28(38-3)18-15-25/h10,12-21,23H,4-9,11,22,24H2,1-3H3,(H,35,36)/b21-19+. The number of aliphatic carboxylic acids is 1. The van der Waals surface area contributed by atoms with Crippen molar-refractivity contribution in [3.8, 4) is 11.5 Å². The number of anilines is 1. The molecule has 1 heterocycles. The molecule has 1 N–H and O–H groups in total. The Morgan fingerprint density at radius 3 is 2.40 bits per heavy atom. The monoisotopic (exact) mass is 564 g/mol. The molecule has 0 bridgehead atoms. The van der Waals surface area contributed by atoms with Gasteiger partial charge in [0.1, 0.15) is 17.2 Å². The summed E-state index contributed by atoms with van der Waals surface area (Å²) < 4.78 is 24.2. The summed E-state index contributed by atoms with van der Waals surface area (Å²) in [5.74, 6) is 0.583. The molecule has 1 unspecified atom stereocenters. The van der Waals surface area contributed by atoms with Gasteiger partial charge in [-0.3, -0.25) is 4.21 Å². The van der Waals surface area contributed by atoms with Crippen LogP contribution in [0.25, 0.3) is 6.08 Å². The van der Waals surface area contributed by atoms with Crippen LogP contribution in [0.1, 0.15) is 55.5 Å². The third kappa shape index (κ3) is 10.5. The molecular weight excluding hydrogens is 524 g/mol. The van der Waals surface area contributed by atoms with Crippen LogP contribution in [0.5, 0.6) is 11.5 Å². The maximum Gasteiger partial charge on any atom is 0.328 e. The zero-order chi connectivity index (χ0) is 28.7. The van der Waals surface area contributed by atoms with Gasteiger partial charge >= 0.3 is 5.97 Å². The summed E-state index contributed by atoms with van der Waals surface area (Å²) in [6.45, 7) is 0.532. The van der Waals surface area contributed by atoms with Crippen molar-refractivity contribution in [1.82, 2.24) is 4.98 Å². The molecule has 0 saturated heterocycles. The van der Waals surface area contributed by atoms with Gasteiger partial charge in [0.05, 0.1) is 36.0 Å². The minimum atomic E-state index is -1.29. The molecule has 0 aliphatic rings. The van der Waals surface area contributed by atoms with Gasteiger partial charge in [0.2, 0.25) is 0 Å². The molecule has 0 fully saturated rings. The lowest BCUT2D eigenvalue weighted by Gasteiger charge is -2.13. The van der Waals surface area contributed by atoms with Crippen LogP contribution >= 0.6 is 0 Å². The summed E-state index contributed by atoms with van der Waals surface area (Å²) in [6.07, 6.45) is 10.2. The van der Waals surface area contributed by atoms with Gasteiger partial charge in [-0.15, -0.1) is 0 Å². The molecular formula is C32H40N2O5S. The van der Waals surface area contributed by atoms with E-state index in [1.165, 1.54) is 30.9 Å². The van der Waals surface area contributed by atoms with E-state index in [1.54, 1.807) is 19.2 Å².